The third-order valence-electron chi connectivity index (χ3n) is 5.44. The smallest absolute Gasteiger partial charge is 0.343 e. The molecule has 3 aromatic rings. The summed E-state index contributed by atoms with van der Waals surface area (Å²) in [6.07, 6.45) is 7.68. The fourth-order valence-corrected chi connectivity index (χ4v) is 4.07. The zero-order chi connectivity index (χ0) is 21.5. The number of carbonyl (C=O) groups excluding carboxylic acids is 1. The van der Waals surface area contributed by atoms with E-state index in [9.17, 15) is 4.79 Å². The number of ether oxygens (including phenoxy) is 1. The molecule has 0 atom stereocenters. The normalized spacial score (nSPS) is 14.5. The molecule has 6 heteroatoms. The minimum Gasteiger partial charge on any atom is -0.422 e. The molecule has 1 saturated carbocycles. The van der Waals surface area contributed by atoms with E-state index in [1.54, 1.807) is 24.4 Å². The summed E-state index contributed by atoms with van der Waals surface area (Å²) >= 11 is 5.39. The highest BCUT2D eigenvalue weighted by atomic mass is 32.1. The first-order chi connectivity index (χ1) is 15.2. The van der Waals surface area contributed by atoms with Crippen molar-refractivity contribution < 1.29 is 9.53 Å². The van der Waals surface area contributed by atoms with Crippen LogP contribution in [0.1, 0.15) is 48.0 Å². The van der Waals surface area contributed by atoms with Crippen LogP contribution in [0.4, 0.5) is 0 Å². The van der Waals surface area contributed by atoms with Crippen LogP contribution >= 0.6 is 12.2 Å². The third kappa shape index (κ3) is 5.47. The summed E-state index contributed by atoms with van der Waals surface area (Å²) in [5, 5.41) is 10.1. The lowest BCUT2D eigenvalue weighted by Crippen LogP contribution is -2.40. The standard InChI is InChI=1S/C25H25N3O2S/c29-24(19-10-3-1-4-11-19)30-23-16-15-18-9-7-8-14-21(18)22(23)17-26-28-25(31)27-20-12-5-2-6-13-20/h1,3-4,7-11,14-17,20H,2,5-6,12-13H2,(H2,27,28,31). The number of hydrogen-bond donors (Lipinski definition) is 2. The number of nitrogens with zero attached hydrogens (tertiary/aromatic N) is 1. The van der Waals surface area contributed by atoms with Crippen LogP contribution in [0.15, 0.2) is 71.8 Å². The lowest BCUT2D eigenvalue weighted by Gasteiger charge is -2.23. The number of rotatable bonds is 5. The van der Waals surface area contributed by atoms with Crippen LogP contribution in [0.3, 0.4) is 0 Å². The fourth-order valence-electron chi connectivity index (χ4n) is 3.85. The number of hydrazone groups is 1. The van der Waals surface area contributed by atoms with E-state index in [-0.39, 0.29) is 0 Å². The summed E-state index contributed by atoms with van der Waals surface area (Å²) < 4.78 is 5.71. The predicted octanol–water partition coefficient (Wildman–Crippen LogP) is 5.19. The summed E-state index contributed by atoms with van der Waals surface area (Å²) in [5.74, 6) is 0.0391. The van der Waals surface area contributed by atoms with Gasteiger partial charge in [0, 0.05) is 11.6 Å². The Morgan fingerprint density at radius 3 is 2.52 bits per heavy atom. The van der Waals surface area contributed by atoms with Crippen molar-refractivity contribution >= 4 is 40.3 Å². The first-order valence-electron chi connectivity index (χ1n) is 10.6. The molecule has 2 N–H and O–H groups in total. The molecule has 0 spiro atoms. The Balaban J connectivity index is 1.53. The number of esters is 1. The maximum absolute atomic E-state index is 12.6. The van der Waals surface area contributed by atoms with Crippen LogP contribution in [0.2, 0.25) is 0 Å². The van der Waals surface area contributed by atoms with E-state index in [1.807, 2.05) is 48.5 Å². The van der Waals surface area contributed by atoms with Gasteiger partial charge in [-0.1, -0.05) is 67.8 Å². The van der Waals surface area contributed by atoms with E-state index >= 15 is 0 Å². The van der Waals surface area contributed by atoms with Crippen LogP contribution in [0, 0.1) is 0 Å². The molecule has 1 fully saturated rings. The number of hydrogen-bond acceptors (Lipinski definition) is 4. The van der Waals surface area contributed by atoms with Gasteiger partial charge in [-0.15, -0.1) is 0 Å². The largest absolute Gasteiger partial charge is 0.422 e. The van der Waals surface area contributed by atoms with Crippen molar-refractivity contribution in [2.45, 2.75) is 38.1 Å². The second-order valence-corrected chi connectivity index (χ2v) is 8.04. The van der Waals surface area contributed by atoms with E-state index in [0.717, 1.165) is 29.2 Å². The maximum Gasteiger partial charge on any atom is 0.343 e. The Hall–Kier alpha value is -3.25. The van der Waals surface area contributed by atoms with Gasteiger partial charge < -0.3 is 10.1 Å². The highest BCUT2D eigenvalue weighted by Gasteiger charge is 2.15. The Labute approximate surface area is 187 Å². The first-order valence-corrected chi connectivity index (χ1v) is 11.0. The molecule has 0 saturated heterocycles. The number of carbonyl (C=O) groups is 1. The summed E-state index contributed by atoms with van der Waals surface area (Å²) in [5.41, 5.74) is 4.12. The zero-order valence-electron chi connectivity index (χ0n) is 17.2. The average molecular weight is 432 g/mol. The van der Waals surface area contributed by atoms with Gasteiger partial charge in [-0.3, -0.25) is 5.43 Å². The van der Waals surface area contributed by atoms with Gasteiger partial charge in [0.25, 0.3) is 0 Å². The highest BCUT2D eigenvalue weighted by molar-refractivity contribution is 7.80. The SMILES string of the molecule is O=C(Oc1ccc2ccccc2c1C=NNC(=S)NC1CCCCC1)c1ccccc1. The van der Waals surface area contributed by atoms with Crippen molar-refractivity contribution in [3.63, 3.8) is 0 Å². The number of nitrogens with one attached hydrogen (secondary N) is 2. The second-order valence-electron chi connectivity index (χ2n) is 7.63. The van der Waals surface area contributed by atoms with Crippen LogP contribution in [0.5, 0.6) is 5.75 Å². The van der Waals surface area contributed by atoms with Crippen molar-refractivity contribution in [3.8, 4) is 5.75 Å². The molecule has 0 unspecified atom stereocenters. The third-order valence-corrected chi connectivity index (χ3v) is 5.65. The van der Waals surface area contributed by atoms with Crippen molar-refractivity contribution in [2.75, 3.05) is 0 Å². The molecule has 3 aromatic carbocycles. The van der Waals surface area contributed by atoms with Gasteiger partial charge in [-0.25, -0.2) is 4.79 Å². The lowest BCUT2D eigenvalue weighted by atomic mass is 9.96. The van der Waals surface area contributed by atoms with Crippen molar-refractivity contribution in [1.82, 2.24) is 10.7 Å². The molecule has 1 aliphatic carbocycles. The Bertz CT molecular complexity index is 1090. The Morgan fingerprint density at radius 1 is 0.968 bits per heavy atom. The van der Waals surface area contributed by atoms with Gasteiger partial charge in [0.05, 0.1) is 11.8 Å². The summed E-state index contributed by atoms with van der Waals surface area (Å²) in [4.78, 5) is 12.6. The first kappa shape index (κ1) is 21.0. The summed E-state index contributed by atoms with van der Waals surface area (Å²) in [6.45, 7) is 0. The van der Waals surface area contributed by atoms with Gasteiger partial charge >= 0.3 is 5.97 Å². The zero-order valence-corrected chi connectivity index (χ0v) is 18.0. The molecule has 158 valence electrons. The molecule has 0 heterocycles. The molecule has 0 bridgehead atoms. The van der Waals surface area contributed by atoms with E-state index in [1.165, 1.54) is 19.3 Å². The number of thiocarbonyl (C=S) groups is 1. The van der Waals surface area contributed by atoms with Gasteiger partial charge in [0.2, 0.25) is 0 Å². The number of fused-ring (bicyclic) bond motifs is 1. The van der Waals surface area contributed by atoms with Crippen molar-refractivity contribution in [3.05, 3.63) is 77.9 Å². The molecular weight excluding hydrogens is 406 g/mol. The minimum absolute atomic E-state index is 0.406. The topological polar surface area (TPSA) is 62.7 Å². The Kier molecular flexibility index (Phi) is 6.89. The lowest BCUT2D eigenvalue weighted by molar-refractivity contribution is 0.0734. The fraction of sp³-hybridized carbons (Fsp3) is 0.240. The van der Waals surface area contributed by atoms with Gasteiger partial charge in [-0.05, 0) is 54.0 Å². The molecule has 5 nitrogen and oxygen atoms in total. The van der Waals surface area contributed by atoms with Crippen LogP contribution in [0.25, 0.3) is 10.8 Å². The van der Waals surface area contributed by atoms with E-state index < -0.39 is 5.97 Å². The number of benzene rings is 3. The minimum atomic E-state index is -0.409. The van der Waals surface area contributed by atoms with Crippen LogP contribution < -0.4 is 15.5 Å². The molecule has 1 aliphatic rings. The summed E-state index contributed by atoms with van der Waals surface area (Å²) in [7, 11) is 0. The molecule has 0 radical (unpaired) electrons. The van der Waals surface area contributed by atoms with E-state index in [2.05, 4.69) is 15.8 Å². The molecule has 4 rings (SSSR count). The second kappa shape index (κ2) is 10.2. The average Bonchev–Trinajstić information content (AvgIpc) is 2.81. The molecule has 0 aliphatic heterocycles. The van der Waals surface area contributed by atoms with Gasteiger partial charge in [0.1, 0.15) is 5.75 Å². The monoisotopic (exact) mass is 431 g/mol. The molecule has 0 amide bonds. The van der Waals surface area contributed by atoms with Crippen LogP contribution in [-0.4, -0.2) is 23.3 Å². The molecule has 0 aromatic heterocycles. The quantitative estimate of drug-likeness (QED) is 0.191. The van der Waals surface area contributed by atoms with Gasteiger partial charge in [-0.2, -0.15) is 5.10 Å². The summed E-state index contributed by atoms with van der Waals surface area (Å²) in [6, 6.07) is 21.0. The van der Waals surface area contributed by atoms with Gasteiger partial charge in [0.15, 0.2) is 5.11 Å². The Morgan fingerprint density at radius 2 is 1.71 bits per heavy atom. The van der Waals surface area contributed by atoms with Crippen LogP contribution in [-0.2, 0) is 0 Å². The van der Waals surface area contributed by atoms with E-state index in [4.69, 9.17) is 17.0 Å². The molecule has 31 heavy (non-hydrogen) atoms. The maximum atomic E-state index is 12.6. The van der Waals surface area contributed by atoms with Crippen molar-refractivity contribution in [2.24, 2.45) is 5.10 Å². The van der Waals surface area contributed by atoms with Crippen molar-refractivity contribution in [1.29, 1.82) is 0 Å². The van der Waals surface area contributed by atoms with E-state index in [0.29, 0.717) is 22.5 Å². The highest BCUT2D eigenvalue weighted by Crippen LogP contribution is 2.27. The molecular formula is C25H25N3O2S. The predicted molar refractivity (Wildman–Crippen MR) is 129 cm³/mol.